The predicted octanol–water partition coefficient (Wildman–Crippen LogP) is 1.94. The topological polar surface area (TPSA) is 123 Å². The average molecular weight is 463 g/mol. The number of hydrogen-bond donors (Lipinski definition) is 0. The van der Waals surface area contributed by atoms with Gasteiger partial charge in [-0.25, -0.2) is 8.42 Å². The number of piperidine rings is 1. The zero-order valence-electron chi connectivity index (χ0n) is 17.9. The highest BCUT2D eigenvalue weighted by atomic mass is 32.2. The molecule has 0 unspecified atom stereocenters. The third-order valence-corrected chi connectivity index (χ3v) is 7.73. The van der Waals surface area contributed by atoms with E-state index in [1.54, 1.807) is 24.0 Å². The zero-order chi connectivity index (χ0) is 22.7. The van der Waals surface area contributed by atoms with Crippen LogP contribution in [0.3, 0.4) is 0 Å². The van der Waals surface area contributed by atoms with Gasteiger partial charge in [-0.15, -0.1) is 10.2 Å². The third kappa shape index (κ3) is 4.53. The molecule has 0 atom stereocenters. The lowest BCUT2D eigenvalue weighted by Gasteiger charge is -2.29. The monoisotopic (exact) mass is 462 g/mol. The number of sulfonamides is 1. The van der Waals surface area contributed by atoms with Crippen LogP contribution >= 0.6 is 0 Å². The minimum atomic E-state index is -3.50. The van der Waals surface area contributed by atoms with Crippen LogP contribution in [-0.2, 0) is 19.6 Å². The molecule has 10 nitrogen and oxygen atoms in total. The molecule has 0 N–H and O–H groups in total. The Kier molecular flexibility index (Phi) is 6.56. The van der Waals surface area contributed by atoms with Gasteiger partial charge < -0.3 is 14.1 Å². The molecule has 11 heteroatoms. The summed E-state index contributed by atoms with van der Waals surface area (Å²) in [5, 5.41) is 7.80. The number of esters is 1. The Morgan fingerprint density at radius 2 is 1.72 bits per heavy atom. The lowest BCUT2D eigenvalue weighted by molar-refractivity contribution is -0.149. The molecule has 172 valence electrons. The zero-order valence-corrected chi connectivity index (χ0v) is 18.7. The minimum Gasteiger partial charge on any atom is -0.466 e. The summed E-state index contributed by atoms with van der Waals surface area (Å²) in [6, 6.07) is 6.20. The number of carbonyl (C=O) groups is 2. The summed E-state index contributed by atoms with van der Waals surface area (Å²) >= 11 is 0. The van der Waals surface area contributed by atoms with E-state index in [-0.39, 0.29) is 34.5 Å². The molecule has 1 aromatic heterocycles. The molecular weight excluding hydrogens is 436 g/mol. The number of rotatable bonds is 6. The van der Waals surface area contributed by atoms with E-state index in [9.17, 15) is 18.0 Å². The number of likely N-dealkylation sites (tertiary alicyclic amines) is 1. The van der Waals surface area contributed by atoms with Crippen LogP contribution < -0.4 is 0 Å². The van der Waals surface area contributed by atoms with E-state index in [0.717, 1.165) is 12.8 Å². The standard InChI is InChI=1S/C21H26N4O6S/c1-2-30-21(27)16-9-13-24(14-10-16)20(26)19-23-22-18(31-19)15-5-7-17(8-6-15)32(28,29)25-11-3-4-12-25/h5-8,16H,2-4,9-14H2,1H3. The fourth-order valence-electron chi connectivity index (χ4n) is 3.99. The van der Waals surface area contributed by atoms with E-state index >= 15 is 0 Å². The van der Waals surface area contributed by atoms with Crippen molar-refractivity contribution < 1.29 is 27.2 Å². The first kappa shape index (κ1) is 22.4. The van der Waals surface area contributed by atoms with Crippen LogP contribution in [0.15, 0.2) is 33.6 Å². The first-order valence-corrected chi connectivity index (χ1v) is 12.2. The van der Waals surface area contributed by atoms with Gasteiger partial charge in [-0.05, 0) is 56.9 Å². The second kappa shape index (κ2) is 9.37. The molecule has 1 aromatic carbocycles. The van der Waals surface area contributed by atoms with Gasteiger partial charge in [0.05, 0.1) is 17.4 Å². The van der Waals surface area contributed by atoms with Crippen molar-refractivity contribution in [2.75, 3.05) is 32.8 Å². The van der Waals surface area contributed by atoms with Crippen LogP contribution in [0.5, 0.6) is 0 Å². The third-order valence-electron chi connectivity index (χ3n) is 5.81. The number of amides is 1. The summed E-state index contributed by atoms with van der Waals surface area (Å²) in [7, 11) is -3.50. The highest BCUT2D eigenvalue weighted by molar-refractivity contribution is 7.89. The van der Waals surface area contributed by atoms with Crippen LogP contribution in [0.4, 0.5) is 0 Å². The Morgan fingerprint density at radius 3 is 2.34 bits per heavy atom. The molecule has 2 aliphatic heterocycles. The fourth-order valence-corrected chi connectivity index (χ4v) is 5.50. The van der Waals surface area contributed by atoms with Gasteiger partial charge in [0.1, 0.15) is 0 Å². The largest absolute Gasteiger partial charge is 0.466 e. The van der Waals surface area contributed by atoms with Gasteiger partial charge in [0.2, 0.25) is 15.9 Å². The number of nitrogens with zero attached hydrogens (tertiary/aromatic N) is 4. The SMILES string of the molecule is CCOC(=O)C1CCN(C(=O)c2nnc(-c3ccc(S(=O)(=O)N4CCCC4)cc3)o2)CC1. The van der Waals surface area contributed by atoms with E-state index in [1.165, 1.54) is 16.4 Å². The van der Waals surface area contributed by atoms with Crippen LogP contribution in [0.25, 0.3) is 11.5 Å². The first-order valence-electron chi connectivity index (χ1n) is 10.8. The molecule has 0 spiro atoms. The van der Waals surface area contributed by atoms with Crippen molar-refractivity contribution in [3.8, 4) is 11.5 Å². The van der Waals surface area contributed by atoms with Crippen molar-refractivity contribution in [3.63, 3.8) is 0 Å². The first-order chi connectivity index (χ1) is 15.4. The highest BCUT2D eigenvalue weighted by Gasteiger charge is 2.31. The summed E-state index contributed by atoms with van der Waals surface area (Å²) in [4.78, 5) is 26.4. The number of carbonyl (C=O) groups excluding carboxylic acids is 2. The van der Waals surface area contributed by atoms with Gasteiger partial charge in [-0.2, -0.15) is 4.31 Å². The van der Waals surface area contributed by atoms with Crippen molar-refractivity contribution in [2.45, 2.75) is 37.5 Å². The summed E-state index contributed by atoms with van der Waals surface area (Å²) in [5.74, 6) is -0.815. The van der Waals surface area contributed by atoms with Gasteiger partial charge in [0.15, 0.2) is 0 Å². The summed E-state index contributed by atoms with van der Waals surface area (Å²) in [5.41, 5.74) is 0.526. The predicted molar refractivity (Wildman–Crippen MR) is 113 cm³/mol. The second-order valence-corrected chi connectivity index (χ2v) is 9.80. The van der Waals surface area contributed by atoms with Crippen molar-refractivity contribution in [2.24, 2.45) is 5.92 Å². The minimum absolute atomic E-state index is 0.136. The number of hydrogen-bond acceptors (Lipinski definition) is 8. The Bertz CT molecular complexity index is 1070. The number of ether oxygens (including phenoxy) is 1. The van der Waals surface area contributed by atoms with Crippen LogP contribution in [0.1, 0.15) is 43.3 Å². The van der Waals surface area contributed by atoms with Crippen LogP contribution in [-0.4, -0.2) is 72.5 Å². The van der Waals surface area contributed by atoms with Gasteiger partial charge in [0, 0.05) is 31.7 Å². The number of aromatic nitrogens is 2. The van der Waals surface area contributed by atoms with E-state index in [0.29, 0.717) is 51.2 Å². The molecular formula is C21H26N4O6S. The smallest absolute Gasteiger partial charge is 0.311 e. The Hall–Kier alpha value is -2.79. The molecule has 2 saturated heterocycles. The quantitative estimate of drug-likeness (QED) is 0.597. The molecule has 2 aromatic rings. The molecule has 32 heavy (non-hydrogen) atoms. The van der Waals surface area contributed by atoms with E-state index in [1.807, 2.05) is 0 Å². The van der Waals surface area contributed by atoms with E-state index < -0.39 is 10.0 Å². The molecule has 3 heterocycles. The van der Waals surface area contributed by atoms with Crippen LogP contribution in [0.2, 0.25) is 0 Å². The van der Waals surface area contributed by atoms with Gasteiger partial charge in [0.25, 0.3) is 0 Å². The maximum absolute atomic E-state index is 12.7. The fraction of sp³-hybridized carbons (Fsp3) is 0.524. The second-order valence-electron chi connectivity index (χ2n) is 7.87. The molecule has 0 bridgehead atoms. The average Bonchev–Trinajstić information content (AvgIpc) is 3.52. The van der Waals surface area contributed by atoms with Crippen molar-refractivity contribution in [1.82, 2.24) is 19.4 Å². The molecule has 1 amide bonds. The molecule has 0 aliphatic carbocycles. The maximum atomic E-state index is 12.7. The molecule has 2 aliphatic rings. The molecule has 2 fully saturated rings. The van der Waals surface area contributed by atoms with Crippen molar-refractivity contribution in [3.05, 3.63) is 30.2 Å². The summed E-state index contributed by atoms with van der Waals surface area (Å²) in [6.07, 6.45) is 2.80. The summed E-state index contributed by atoms with van der Waals surface area (Å²) < 4.78 is 37.4. The van der Waals surface area contributed by atoms with Crippen LogP contribution in [0, 0.1) is 5.92 Å². The highest BCUT2D eigenvalue weighted by Crippen LogP contribution is 2.25. The van der Waals surface area contributed by atoms with E-state index in [2.05, 4.69) is 10.2 Å². The Morgan fingerprint density at radius 1 is 1.06 bits per heavy atom. The lowest BCUT2D eigenvalue weighted by atomic mass is 9.97. The van der Waals surface area contributed by atoms with E-state index in [4.69, 9.17) is 9.15 Å². The maximum Gasteiger partial charge on any atom is 0.311 e. The number of benzene rings is 1. The molecule has 0 radical (unpaired) electrons. The molecule has 4 rings (SSSR count). The van der Waals surface area contributed by atoms with Gasteiger partial charge in [-0.1, -0.05) is 0 Å². The van der Waals surface area contributed by atoms with Gasteiger partial charge in [-0.3, -0.25) is 9.59 Å². The van der Waals surface area contributed by atoms with Crippen molar-refractivity contribution >= 4 is 21.9 Å². The Balaban J connectivity index is 1.40. The lowest BCUT2D eigenvalue weighted by Crippen LogP contribution is -2.40. The Labute approximate surface area is 186 Å². The van der Waals surface area contributed by atoms with Gasteiger partial charge >= 0.3 is 17.8 Å². The normalized spacial score (nSPS) is 18.1. The summed E-state index contributed by atoms with van der Waals surface area (Å²) in [6.45, 7) is 4.00. The van der Waals surface area contributed by atoms with Crippen molar-refractivity contribution in [1.29, 1.82) is 0 Å². The molecule has 0 saturated carbocycles.